The van der Waals surface area contributed by atoms with Crippen LogP contribution in [0.15, 0.2) is 78.9 Å². The summed E-state index contributed by atoms with van der Waals surface area (Å²) in [7, 11) is 0. The minimum absolute atomic E-state index is 0.345. The Kier molecular flexibility index (Phi) is 2.83. The fourth-order valence-corrected chi connectivity index (χ4v) is 3.89. The van der Waals surface area contributed by atoms with E-state index in [0.29, 0.717) is 5.56 Å². The van der Waals surface area contributed by atoms with Gasteiger partial charge in [0.15, 0.2) is 0 Å². The molecule has 0 heterocycles. The molecule has 0 spiro atoms. The number of hydrogen-bond acceptors (Lipinski definition) is 1. The second-order valence-electron chi connectivity index (χ2n) is 6.33. The van der Waals surface area contributed by atoms with Gasteiger partial charge in [-0.1, -0.05) is 72.8 Å². The van der Waals surface area contributed by atoms with Crippen molar-refractivity contribution >= 4 is 38.3 Å². The van der Waals surface area contributed by atoms with E-state index in [2.05, 4.69) is 36.4 Å². The van der Waals surface area contributed by atoms with Crippen molar-refractivity contribution in [3.63, 3.8) is 0 Å². The number of benzene rings is 5. The highest BCUT2D eigenvalue weighted by Gasteiger charge is 2.19. The molecule has 118 valence electrons. The van der Waals surface area contributed by atoms with E-state index in [0.717, 1.165) is 27.3 Å². The third-order valence-electron chi connectivity index (χ3n) is 4.94. The Hall–Kier alpha value is -3.39. The van der Waals surface area contributed by atoms with Crippen LogP contribution in [0.3, 0.4) is 0 Å². The standard InChI is InChI=1S/C23H14O2/c24-23(25)19-13-17-10-9-15-7-4-8-16-11-12-18(22(17)20(15)16)21(19)14-5-2-1-3-6-14/h1-13H,(H,24,25). The van der Waals surface area contributed by atoms with Crippen molar-refractivity contribution in [3.05, 3.63) is 84.4 Å². The molecule has 0 bridgehead atoms. The first-order chi connectivity index (χ1) is 12.2. The Labute approximate surface area is 144 Å². The van der Waals surface area contributed by atoms with Gasteiger partial charge >= 0.3 is 5.97 Å². The molecule has 0 aliphatic rings. The molecule has 5 rings (SSSR count). The Morgan fingerprint density at radius 2 is 1.36 bits per heavy atom. The van der Waals surface area contributed by atoms with Gasteiger partial charge in [0.1, 0.15) is 0 Å². The lowest BCUT2D eigenvalue weighted by molar-refractivity contribution is 0.0698. The van der Waals surface area contributed by atoms with Crippen LogP contribution in [0.5, 0.6) is 0 Å². The Balaban J connectivity index is 2.07. The quantitative estimate of drug-likeness (QED) is 0.408. The summed E-state index contributed by atoms with van der Waals surface area (Å²) in [5, 5.41) is 16.5. The average Bonchev–Trinajstić information content (AvgIpc) is 2.66. The van der Waals surface area contributed by atoms with E-state index in [-0.39, 0.29) is 0 Å². The van der Waals surface area contributed by atoms with Crippen LogP contribution in [0, 0.1) is 0 Å². The Morgan fingerprint density at radius 3 is 2.08 bits per heavy atom. The van der Waals surface area contributed by atoms with Crippen molar-refractivity contribution in [1.29, 1.82) is 0 Å². The van der Waals surface area contributed by atoms with Crippen molar-refractivity contribution in [2.24, 2.45) is 0 Å². The summed E-state index contributed by atoms with van der Waals surface area (Å²) >= 11 is 0. The van der Waals surface area contributed by atoms with E-state index in [9.17, 15) is 9.90 Å². The van der Waals surface area contributed by atoms with E-state index in [4.69, 9.17) is 0 Å². The van der Waals surface area contributed by atoms with Crippen molar-refractivity contribution in [3.8, 4) is 11.1 Å². The monoisotopic (exact) mass is 322 g/mol. The van der Waals surface area contributed by atoms with Gasteiger partial charge in [0.05, 0.1) is 5.56 Å². The van der Waals surface area contributed by atoms with Crippen LogP contribution < -0.4 is 0 Å². The molecule has 2 heteroatoms. The van der Waals surface area contributed by atoms with E-state index < -0.39 is 5.97 Å². The second kappa shape index (κ2) is 5.05. The predicted molar refractivity (Wildman–Crippen MR) is 103 cm³/mol. The lowest BCUT2D eigenvalue weighted by Gasteiger charge is -2.16. The smallest absolute Gasteiger partial charge is 0.336 e. The normalized spacial score (nSPS) is 11.5. The molecule has 0 unspecified atom stereocenters. The summed E-state index contributed by atoms with van der Waals surface area (Å²) < 4.78 is 0. The molecule has 0 aromatic heterocycles. The first-order valence-electron chi connectivity index (χ1n) is 8.23. The molecule has 0 aliphatic heterocycles. The van der Waals surface area contributed by atoms with Crippen molar-refractivity contribution in [2.45, 2.75) is 0 Å². The van der Waals surface area contributed by atoms with Crippen LogP contribution in [0.1, 0.15) is 10.4 Å². The highest BCUT2D eigenvalue weighted by Crippen LogP contribution is 2.41. The van der Waals surface area contributed by atoms with Crippen LogP contribution in [0.25, 0.3) is 43.4 Å². The van der Waals surface area contributed by atoms with E-state index in [1.807, 2.05) is 36.4 Å². The van der Waals surface area contributed by atoms with E-state index in [1.165, 1.54) is 16.2 Å². The maximum Gasteiger partial charge on any atom is 0.336 e. The zero-order chi connectivity index (χ0) is 17.0. The zero-order valence-electron chi connectivity index (χ0n) is 13.4. The van der Waals surface area contributed by atoms with Gasteiger partial charge in [-0.3, -0.25) is 0 Å². The summed E-state index contributed by atoms with van der Waals surface area (Å²) in [6.07, 6.45) is 0. The first kappa shape index (κ1) is 14.0. The SMILES string of the molecule is O=C(O)c1cc2ccc3cccc4ccc(c1-c1ccccc1)c2c34. The van der Waals surface area contributed by atoms with Crippen LogP contribution in [-0.4, -0.2) is 11.1 Å². The minimum atomic E-state index is -0.899. The van der Waals surface area contributed by atoms with Crippen molar-refractivity contribution in [1.82, 2.24) is 0 Å². The van der Waals surface area contributed by atoms with Gasteiger partial charge in [0, 0.05) is 5.56 Å². The molecule has 0 saturated carbocycles. The molecule has 0 saturated heterocycles. The highest BCUT2D eigenvalue weighted by molar-refractivity contribution is 6.27. The van der Waals surface area contributed by atoms with Gasteiger partial charge in [0.2, 0.25) is 0 Å². The molecule has 25 heavy (non-hydrogen) atoms. The average molecular weight is 322 g/mol. The fraction of sp³-hybridized carbons (Fsp3) is 0. The largest absolute Gasteiger partial charge is 0.478 e. The van der Waals surface area contributed by atoms with E-state index >= 15 is 0 Å². The molecule has 5 aromatic carbocycles. The van der Waals surface area contributed by atoms with Gasteiger partial charge < -0.3 is 5.11 Å². The Bertz CT molecular complexity index is 1240. The predicted octanol–water partition coefficient (Wildman–Crippen LogP) is 5.95. The summed E-state index contributed by atoms with van der Waals surface area (Å²) in [5.41, 5.74) is 2.06. The van der Waals surface area contributed by atoms with Gasteiger partial charge in [-0.25, -0.2) is 4.79 Å². The van der Waals surface area contributed by atoms with E-state index in [1.54, 1.807) is 6.07 Å². The molecule has 5 aromatic rings. The zero-order valence-corrected chi connectivity index (χ0v) is 13.4. The minimum Gasteiger partial charge on any atom is -0.478 e. The van der Waals surface area contributed by atoms with Crippen LogP contribution >= 0.6 is 0 Å². The van der Waals surface area contributed by atoms with Gasteiger partial charge in [0.25, 0.3) is 0 Å². The summed E-state index contributed by atoms with van der Waals surface area (Å²) in [4.78, 5) is 12.0. The molecule has 0 radical (unpaired) electrons. The second-order valence-corrected chi connectivity index (χ2v) is 6.33. The molecular weight excluding hydrogens is 308 g/mol. The number of carboxylic acid groups (broad SMARTS) is 1. The molecule has 0 fully saturated rings. The molecule has 0 amide bonds. The molecule has 0 aliphatic carbocycles. The van der Waals surface area contributed by atoms with Gasteiger partial charge in [-0.05, 0) is 43.9 Å². The van der Waals surface area contributed by atoms with Crippen LogP contribution in [0.4, 0.5) is 0 Å². The van der Waals surface area contributed by atoms with Crippen molar-refractivity contribution < 1.29 is 9.90 Å². The van der Waals surface area contributed by atoms with Crippen LogP contribution in [-0.2, 0) is 0 Å². The topological polar surface area (TPSA) is 37.3 Å². The third-order valence-corrected chi connectivity index (χ3v) is 4.94. The Morgan fingerprint density at radius 1 is 0.680 bits per heavy atom. The number of carboxylic acids is 1. The number of carbonyl (C=O) groups is 1. The number of rotatable bonds is 2. The maximum absolute atomic E-state index is 12.0. The number of hydrogen-bond donors (Lipinski definition) is 1. The lowest BCUT2D eigenvalue weighted by Crippen LogP contribution is -2.01. The molecule has 0 atom stereocenters. The van der Waals surface area contributed by atoms with Crippen LogP contribution in [0.2, 0.25) is 0 Å². The maximum atomic E-state index is 12.0. The lowest BCUT2D eigenvalue weighted by atomic mass is 9.87. The summed E-state index contributed by atoms with van der Waals surface area (Å²) in [6, 6.07) is 26.1. The molecular formula is C23H14O2. The summed E-state index contributed by atoms with van der Waals surface area (Å²) in [6.45, 7) is 0. The van der Waals surface area contributed by atoms with Gasteiger partial charge in [-0.15, -0.1) is 0 Å². The third kappa shape index (κ3) is 1.94. The molecule has 2 nitrogen and oxygen atoms in total. The van der Waals surface area contributed by atoms with Gasteiger partial charge in [-0.2, -0.15) is 0 Å². The fourth-order valence-electron chi connectivity index (χ4n) is 3.89. The number of aromatic carboxylic acids is 1. The highest BCUT2D eigenvalue weighted by atomic mass is 16.4. The molecule has 1 N–H and O–H groups in total. The van der Waals surface area contributed by atoms with Crippen molar-refractivity contribution in [2.75, 3.05) is 0 Å². The summed E-state index contributed by atoms with van der Waals surface area (Å²) in [5.74, 6) is -0.899. The first-order valence-corrected chi connectivity index (χ1v) is 8.23.